The molecule has 18 heavy (non-hydrogen) atoms. The van der Waals surface area contributed by atoms with E-state index in [0.717, 1.165) is 17.5 Å². The molecule has 1 heterocycles. The molecule has 5 nitrogen and oxygen atoms in total. The van der Waals surface area contributed by atoms with E-state index in [0.29, 0.717) is 0 Å². The molecule has 0 radical (unpaired) electrons. The first-order chi connectivity index (χ1) is 8.50. The second kappa shape index (κ2) is 4.56. The van der Waals surface area contributed by atoms with E-state index in [9.17, 15) is 14.5 Å². The van der Waals surface area contributed by atoms with Gasteiger partial charge >= 0.3 is 5.69 Å². The molecular weight excluding hydrogens is 237 g/mol. The van der Waals surface area contributed by atoms with Gasteiger partial charge < -0.3 is 4.57 Å². The van der Waals surface area contributed by atoms with Crippen LogP contribution in [0, 0.1) is 29.8 Å². The summed E-state index contributed by atoms with van der Waals surface area (Å²) in [5.74, 6) is -0.784. The lowest BCUT2D eigenvalue weighted by Gasteiger charge is -2.07. The monoisotopic (exact) mass is 249 g/mol. The summed E-state index contributed by atoms with van der Waals surface area (Å²) in [4.78, 5) is 14.0. The van der Waals surface area contributed by atoms with Crippen LogP contribution >= 0.6 is 0 Å². The highest BCUT2D eigenvalue weighted by molar-refractivity contribution is 5.37. The molecule has 1 aromatic heterocycles. The summed E-state index contributed by atoms with van der Waals surface area (Å²) in [7, 11) is 0. The quantitative estimate of drug-likeness (QED) is 0.620. The molecule has 0 amide bonds. The van der Waals surface area contributed by atoms with Gasteiger partial charge in [0.25, 0.3) is 0 Å². The Kier molecular flexibility index (Phi) is 3.10. The number of nitro benzene ring substituents is 1. The minimum atomic E-state index is -0.784. The van der Waals surface area contributed by atoms with Crippen molar-refractivity contribution < 1.29 is 9.31 Å². The second-order valence-corrected chi connectivity index (χ2v) is 4.05. The zero-order valence-corrected chi connectivity index (χ0v) is 10.1. The first-order valence-corrected chi connectivity index (χ1v) is 5.41. The Morgan fingerprint density at radius 3 is 2.72 bits per heavy atom. The smallest absolute Gasteiger partial charge is 0.305 e. The predicted octanol–water partition coefficient (Wildman–Crippen LogP) is 2.60. The normalized spacial score (nSPS) is 10.6. The highest BCUT2D eigenvalue weighted by Gasteiger charge is 2.17. The summed E-state index contributed by atoms with van der Waals surface area (Å²) in [5.41, 5.74) is 1.56. The molecule has 0 fully saturated rings. The number of benzene rings is 1. The van der Waals surface area contributed by atoms with Gasteiger partial charge in [0.15, 0.2) is 0 Å². The number of hydrogen-bond donors (Lipinski definition) is 0. The largest absolute Gasteiger partial charge is 0.330 e. The minimum absolute atomic E-state index is 0.236. The van der Waals surface area contributed by atoms with Crippen LogP contribution in [0.3, 0.4) is 0 Å². The van der Waals surface area contributed by atoms with E-state index >= 15 is 0 Å². The predicted molar refractivity (Wildman–Crippen MR) is 63.9 cm³/mol. The Labute approximate surface area is 103 Å². The van der Waals surface area contributed by atoms with Gasteiger partial charge in [-0.15, -0.1) is 0 Å². The van der Waals surface area contributed by atoms with E-state index in [4.69, 9.17) is 0 Å². The highest BCUT2D eigenvalue weighted by Crippen LogP contribution is 2.21. The highest BCUT2D eigenvalue weighted by atomic mass is 19.1. The summed E-state index contributed by atoms with van der Waals surface area (Å²) in [6.07, 6.45) is 1.60. The van der Waals surface area contributed by atoms with Crippen LogP contribution in [-0.2, 0) is 6.54 Å². The van der Waals surface area contributed by atoms with Crippen molar-refractivity contribution in [2.45, 2.75) is 20.4 Å². The third kappa shape index (κ3) is 2.09. The van der Waals surface area contributed by atoms with Crippen molar-refractivity contribution in [3.05, 3.63) is 57.4 Å². The number of hydrogen-bond acceptors (Lipinski definition) is 3. The number of aryl methyl sites for hydroxylation is 1. The standard InChI is InChI=1S/C12H12FN3O2/c1-8-9(2)15(7-14-8)6-10-4-3-5-11(12(10)13)16(17)18/h3-5,7H,6H2,1-2H3. The van der Waals surface area contributed by atoms with E-state index in [-0.39, 0.29) is 12.1 Å². The van der Waals surface area contributed by atoms with Gasteiger partial charge in [0.1, 0.15) is 0 Å². The molecule has 0 aliphatic rings. The third-order valence-electron chi connectivity index (χ3n) is 2.94. The number of rotatable bonds is 3. The topological polar surface area (TPSA) is 61.0 Å². The first kappa shape index (κ1) is 12.2. The zero-order chi connectivity index (χ0) is 13.3. The molecule has 0 bridgehead atoms. The van der Waals surface area contributed by atoms with Crippen molar-refractivity contribution in [1.29, 1.82) is 0 Å². The van der Waals surface area contributed by atoms with E-state index in [2.05, 4.69) is 4.98 Å². The van der Waals surface area contributed by atoms with Gasteiger partial charge in [-0.25, -0.2) is 4.98 Å². The van der Waals surface area contributed by atoms with Crippen LogP contribution in [0.25, 0.3) is 0 Å². The summed E-state index contributed by atoms with van der Waals surface area (Å²) in [6.45, 7) is 3.97. The number of aromatic nitrogens is 2. The summed E-state index contributed by atoms with van der Waals surface area (Å²) in [6, 6.07) is 4.18. The Morgan fingerprint density at radius 2 is 2.17 bits per heavy atom. The lowest BCUT2D eigenvalue weighted by atomic mass is 10.2. The SMILES string of the molecule is Cc1ncn(Cc2cccc([N+](=O)[O-])c2F)c1C. The van der Waals surface area contributed by atoms with Crippen molar-refractivity contribution in [3.63, 3.8) is 0 Å². The van der Waals surface area contributed by atoms with Crippen LogP contribution in [0.5, 0.6) is 0 Å². The first-order valence-electron chi connectivity index (χ1n) is 5.41. The van der Waals surface area contributed by atoms with Crippen LogP contribution in [0.2, 0.25) is 0 Å². The van der Waals surface area contributed by atoms with Gasteiger partial charge in [0.05, 0.1) is 23.5 Å². The number of nitro groups is 1. The maximum absolute atomic E-state index is 13.9. The van der Waals surface area contributed by atoms with Gasteiger partial charge in [-0.3, -0.25) is 10.1 Å². The molecule has 6 heteroatoms. The van der Waals surface area contributed by atoms with Crippen molar-refractivity contribution >= 4 is 5.69 Å². The van der Waals surface area contributed by atoms with Gasteiger partial charge in [0, 0.05) is 17.3 Å². The van der Waals surface area contributed by atoms with Gasteiger partial charge in [-0.1, -0.05) is 12.1 Å². The van der Waals surface area contributed by atoms with Crippen LogP contribution in [0.15, 0.2) is 24.5 Å². The molecule has 0 unspecified atom stereocenters. The average molecular weight is 249 g/mol. The van der Waals surface area contributed by atoms with Crippen LogP contribution < -0.4 is 0 Å². The van der Waals surface area contributed by atoms with Crippen molar-refractivity contribution in [2.24, 2.45) is 0 Å². The fourth-order valence-electron chi connectivity index (χ4n) is 1.72. The molecule has 0 spiro atoms. The molecule has 0 atom stereocenters. The number of imidazole rings is 1. The summed E-state index contributed by atoms with van der Waals surface area (Å²) < 4.78 is 15.6. The maximum atomic E-state index is 13.9. The Bertz CT molecular complexity index is 607. The molecule has 94 valence electrons. The second-order valence-electron chi connectivity index (χ2n) is 4.05. The van der Waals surface area contributed by atoms with Crippen LogP contribution in [-0.4, -0.2) is 14.5 Å². The number of nitrogens with zero attached hydrogens (tertiary/aromatic N) is 3. The molecule has 2 aromatic rings. The van der Waals surface area contributed by atoms with Crippen LogP contribution in [0.4, 0.5) is 10.1 Å². The van der Waals surface area contributed by atoms with E-state index in [1.807, 2.05) is 13.8 Å². The lowest BCUT2D eigenvalue weighted by molar-refractivity contribution is -0.387. The molecular formula is C12H12FN3O2. The molecule has 0 N–H and O–H groups in total. The molecule has 2 rings (SSSR count). The Morgan fingerprint density at radius 1 is 1.44 bits per heavy atom. The third-order valence-corrected chi connectivity index (χ3v) is 2.94. The van der Waals surface area contributed by atoms with Gasteiger partial charge in [0.2, 0.25) is 5.82 Å². The Balaban J connectivity index is 2.38. The van der Waals surface area contributed by atoms with Crippen molar-refractivity contribution in [2.75, 3.05) is 0 Å². The van der Waals surface area contributed by atoms with E-state index in [1.54, 1.807) is 10.9 Å². The molecule has 0 aliphatic heterocycles. The summed E-state index contributed by atoms with van der Waals surface area (Å²) >= 11 is 0. The average Bonchev–Trinajstić information content (AvgIpc) is 2.63. The van der Waals surface area contributed by atoms with Crippen molar-refractivity contribution in [3.8, 4) is 0 Å². The van der Waals surface area contributed by atoms with Crippen LogP contribution in [0.1, 0.15) is 17.0 Å². The molecule has 0 saturated heterocycles. The number of halogens is 1. The molecule has 1 aromatic carbocycles. The van der Waals surface area contributed by atoms with Gasteiger partial charge in [-0.2, -0.15) is 4.39 Å². The van der Waals surface area contributed by atoms with E-state index in [1.165, 1.54) is 12.1 Å². The van der Waals surface area contributed by atoms with Crippen molar-refractivity contribution in [1.82, 2.24) is 9.55 Å². The molecule has 0 aliphatic carbocycles. The molecule has 0 saturated carbocycles. The Hall–Kier alpha value is -2.24. The maximum Gasteiger partial charge on any atom is 0.305 e. The fraction of sp³-hybridized carbons (Fsp3) is 0.250. The van der Waals surface area contributed by atoms with E-state index < -0.39 is 16.4 Å². The van der Waals surface area contributed by atoms with Gasteiger partial charge in [-0.05, 0) is 13.8 Å². The lowest BCUT2D eigenvalue weighted by Crippen LogP contribution is -2.04. The fourth-order valence-corrected chi connectivity index (χ4v) is 1.72. The minimum Gasteiger partial charge on any atom is -0.330 e. The zero-order valence-electron chi connectivity index (χ0n) is 10.1. The summed E-state index contributed by atoms with van der Waals surface area (Å²) in [5, 5.41) is 10.6.